The van der Waals surface area contributed by atoms with Gasteiger partial charge in [0.05, 0.1) is 6.10 Å². The van der Waals surface area contributed by atoms with E-state index >= 15 is 0 Å². The minimum atomic E-state index is -0.00870. The van der Waals surface area contributed by atoms with Crippen LogP contribution in [0, 0.1) is 0 Å². The number of aliphatic hydroxyl groups is 1. The molecule has 10 heavy (non-hydrogen) atoms. The number of hydrogen-bond acceptors (Lipinski definition) is 2. The molecule has 0 atom stereocenters. The topological polar surface area (TPSA) is 23.5 Å². The van der Waals surface area contributed by atoms with Gasteiger partial charge in [0.2, 0.25) is 0 Å². The molecule has 1 saturated carbocycles. The monoisotopic (exact) mass is 143 g/mol. The molecule has 0 aliphatic heterocycles. The molecule has 0 spiro atoms. The van der Waals surface area contributed by atoms with Crippen LogP contribution in [0.15, 0.2) is 0 Å². The lowest BCUT2D eigenvalue weighted by Gasteiger charge is -2.39. The first-order chi connectivity index (χ1) is 4.77. The van der Waals surface area contributed by atoms with Gasteiger partial charge < -0.3 is 10.0 Å². The molecule has 0 bridgehead atoms. The lowest BCUT2D eigenvalue weighted by molar-refractivity contribution is 0.00587. The average molecular weight is 143 g/mol. The third kappa shape index (κ3) is 1.50. The smallest absolute Gasteiger partial charge is 0.0570 e. The third-order valence-corrected chi connectivity index (χ3v) is 2.42. The van der Waals surface area contributed by atoms with Crippen molar-refractivity contribution in [2.75, 3.05) is 13.1 Å². The lowest BCUT2D eigenvalue weighted by Crippen LogP contribution is -2.46. The standard InChI is InChI=1S/C8H17NO/c1-3-9(4-2)7-5-8(10)6-7/h7-8,10H,3-6H2,1-2H3. The molecule has 0 aromatic carbocycles. The molecule has 60 valence electrons. The van der Waals surface area contributed by atoms with Gasteiger partial charge in [-0.05, 0) is 25.9 Å². The van der Waals surface area contributed by atoms with Crippen molar-refractivity contribution < 1.29 is 5.11 Å². The fourth-order valence-electron chi connectivity index (χ4n) is 1.60. The third-order valence-electron chi connectivity index (χ3n) is 2.42. The highest BCUT2D eigenvalue weighted by molar-refractivity contribution is 4.85. The molecule has 0 heterocycles. The molecule has 0 saturated heterocycles. The van der Waals surface area contributed by atoms with Crippen LogP contribution < -0.4 is 0 Å². The molecule has 0 aromatic heterocycles. The minimum Gasteiger partial charge on any atom is -0.393 e. The molecule has 0 unspecified atom stereocenters. The summed E-state index contributed by atoms with van der Waals surface area (Å²) in [6, 6.07) is 0.671. The van der Waals surface area contributed by atoms with E-state index in [1.165, 1.54) is 0 Å². The summed E-state index contributed by atoms with van der Waals surface area (Å²) in [6.07, 6.45) is 1.97. The Morgan fingerprint density at radius 1 is 1.30 bits per heavy atom. The van der Waals surface area contributed by atoms with E-state index in [-0.39, 0.29) is 6.10 Å². The van der Waals surface area contributed by atoms with Gasteiger partial charge in [-0.1, -0.05) is 13.8 Å². The van der Waals surface area contributed by atoms with Crippen molar-refractivity contribution in [2.24, 2.45) is 0 Å². The normalized spacial score (nSPS) is 32.4. The van der Waals surface area contributed by atoms with E-state index in [2.05, 4.69) is 18.7 Å². The van der Waals surface area contributed by atoms with Crippen molar-refractivity contribution in [3.8, 4) is 0 Å². The SMILES string of the molecule is CCN(CC)C1CC(O)C1. The Hall–Kier alpha value is -0.0800. The van der Waals surface area contributed by atoms with Gasteiger partial charge >= 0.3 is 0 Å². The maximum absolute atomic E-state index is 9.03. The molecule has 1 rings (SSSR count). The maximum Gasteiger partial charge on any atom is 0.0570 e. The Morgan fingerprint density at radius 3 is 2.10 bits per heavy atom. The van der Waals surface area contributed by atoms with Crippen LogP contribution in [0.5, 0.6) is 0 Å². The van der Waals surface area contributed by atoms with Crippen molar-refractivity contribution >= 4 is 0 Å². The summed E-state index contributed by atoms with van der Waals surface area (Å²) in [6.45, 7) is 6.59. The van der Waals surface area contributed by atoms with Gasteiger partial charge in [-0.2, -0.15) is 0 Å². The Bertz CT molecular complexity index is 95.4. The second-order valence-corrected chi connectivity index (χ2v) is 3.00. The zero-order valence-corrected chi connectivity index (χ0v) is 6.88. The Labute approximate surface area is 62.8 Å². The summed E-state index contributed by atoms with van der Waals surface area (Å²) in [5, 5.41) is 9.03. The quantitative estimate of drug-likeness (QED) is 0.633. The van der Waals surface area contributed by atoms with E-state index in [1.807, 2.05) is 0 Å². The lowest BCUT2D eigenvalue weighted by atomic mass is 9.88. The zero-order chi connectivity index (χ0) is 7.56. The van der Waals surface area contributed by atoms with Crippen molar-refractivity contribution in [3.05, 3.63) is 0 Å². The van der Waals surface area contributed by atoms with Gasteiger partial charge in [-0.3, -0.25) is 0 Å². The van der Waals surface area contributed by atoms with Gasteiger partial charge in [-0.25, -0.2) is 0 Å². The Morgan fingerprint density at radius 2 is 1.80 bits per heavy atom. The number of rotatable bonds is 3. The summed E-state index contributed by atoms with van der Waals surface area (Å²) in [7, 11) is 0. The van der Waals surface area contributed by atoms with Gasteiger partial charge in [0, 0.05) is 6.04 Å². The number of aliphatic hydroxyl groups excluding tert-OH is 1. The molecule has 1 N–H and O–H groups in total. The highest BCUT2D eigenvalue weighted by atomic mass is 16.3. The first kappa shape index (κ1) is 8.02. The van der Waals surface area contributed by atoms with Gasteiger partial charge in [0.15, 0.2) is 0 Å². The molecule has 1 fully saturated rings. The van der Waals surface area contributed by atoms with E-state index in [9.17, 15) is 0 Å². The Balaban J connectivity index is 2.21. The number of nitrogens with zero attached hydrogens (tertiary/aromatic N) is 1. The van der Waals surface area contributed by atoms with Crippen LogP contribution in [0.2, 0.25) is 0 Å². The van der Waals surface area contributed by atoms with Crippen LogP contribution in [-0.4, -0.2) is 35.2 Å². The van der Waals surface area contributed by atoms with Crippen molar-refractivity contribution in [3.63, 3.8) is 0 Å². The molecular formula is C8H17NO. The predicted molar refractivity (Wildman–Crippen MR) is 41.9 cm³/mol. The second kappa shape index (κ2) is 3.35. The predicted octanol–water partition coefficient (Wildman–Crippen LogP) is 0.851. The highest BCUT2D eigenvalue weighted by Crippen LogP contribution is 2.24. The van der Waals surface area contributed by atoms with E-state index < -0.39 is 0 Å². The Kier molecular flexibility index (Phi) is 2.69. The zero-order valence-electron chi connectivity index (χ0n) is 6.88. The highest BCUT2D eigenvalue weighted by Gasteiger charge is 2.30. The minimum absolute atomic E-state index is 0.00870. The van der Waals surface area contributed by atoms with Crippen LogP contribution in [0.4, 0.5) is 0 Å². The fraction of sp³-hybridized carbons (Fsp3) is 1.00. The molecule has 2 heteroatoms. The first-order valence-electron chi connectivity index (χ1n) is 4.20. The van der Waals surface area contributed by atoms with Gasteiger partial charge in [0.25, 0.3) is 0 Å². The van der Waals surface area contributed by atoms with E-state index in [0.717, 1.165) is 25.9 Å². The van der Waals surface area contributed by atoms with Crippen molar-refractivity contribution in [1.29, 1.82) is 0 Å². The molecule has 1 aliphatic carbocycles. The van der Waals surface area contributed by atoms with Gasteiger partial charge in [-0.15, -0.1) is 0 Å². The van der Waals surface area contributed by atoms with Crippen LogP contribution >= 0.6 is 0 Å². The molecule has 0 aromatic rings. The van der Waals surface area contributed by atoms with Crippen molar-refractivity contribution in [2.45, 2.75) is 38.8 Å². The largest absolute Gasteiger partial charge is 0.393 e. The van der Waals surface area contributed by atoms with E-state index in [1.54, 1.807) is 0 Å². The van der Waals surface area contributed by atoms with Crippen LogP contribution in [0.1, 0.15) is 26.7 Å². The molecule has 0 amide bonds. The average Bonchev–Trinajstić information content (AvgIpc) is 1.87. The molecule has 2 nitrogen and oxygen atoms in total. The van der Waals surface area contributed by atoms with Crippen molar-refractivity contribution in [1.82, 2.24) is 4.90 Å². The number of hydrogen-bond donors (Lipinski definition) is 1. The van der Waals surface area contributed by atoms with E-state index in [0.29, 0.717) is 6.04 Å². The molecular weight excluding hydrogens is 126 g/mol. The summed E-state index contributed by atoms with van der Waals surface area (Å²) >= 11 is 0. The fourth-order valence-corrected chi connectivity index (χ4v) is 1.60. The molecule has 1 aliphatic rings. The summed E-state index contributed by atoms with van der Waals surface area (Å²) in [5.74, 6) is 0. The summed E-state index contributed by atoms with van der Waals surface area (Å²) < 4.78 is 0. The maximum atomic E-state index is 9.03. The molecule has 0 radical (unpaired) electrons. The van der Waals surface area contributed by atoms with E-state index in [4.69, 9.17) is 5.11 Å². The summed E-state index contributed by atoms with van der Waals surface area (Å²) in [5.41, 5.74) is 0. The summed E-state index contributed by atoms with van der Waals surface area (Å²) in [4.78, 5) is 2.41. The van der Waals surface area contributed by atoms with Crippen LogP contribution in [0.25, 0.3) is 0 Å². The second-order valence-electron chi connectivity index (χ2n) is 3.00. The van der Waals surface area contributed by atoms with Crippen LogP contribution in [-0.2, 0) is 0 Å². The first-order valence-corrected chi connectivity index (χ1v) is 4.20. The van der Waals surface area contributed by atoms with Crippen LogP contribution in [0.3, 0.4) is 0 Å². The van der Waals surface area contributed by atoms with Gasteiger partial charge in [0.1, 0.15) is 0 Å².